The highest BCUT2D eigenvalue weighted by Crippen LogP contribution is 2.45. The second-order valence-corrected chi connectivity index (χ2v) is 13.8. The van der Waals surface area contributed by atoms with Crippen LogP contribution in [0.25, 0.3) is 54.8 Å². The lowest BCUT2D eigenvalue weighted by molar-refractivity contribution is 0.487. The average molecular weight is 617 g/mol. The summed E-state index contributed by atoms with van der Waals surface area (Å²) in [6.45, 7) is 7.00. The number of thiol groups is 1. The molecule has 2 aliphatic carbocycles. The number of allylic oxidation sites excluding steroid dienone is 6. The Balaban J connectivity index is 1.32. The molecule has 1 heteroatoms. The van der Waals surface area contributed by atoms with Crippen LogP contribution in [0.5, 0.6) is 0 Å². The molecule has 0 radical (unpaired) electrons. The second kappa shape index (κ2) is 13.3. The molecule has 3 unspecified atom stereocenters. The van der Waals surface area contributed by atoms with Crippen LogP contribution in [0, 0.1) is 11.8 Å². The Kier molecular flexibility index (Phi) is 8.87. The molecule has 0 amide bonds. The summed E-state index contributed by atoms with van der Waals surface area (Å²) < 4.78 is 0. The minimum absolute atomic E-state index is 0.561. The molecule has 0 saturated carbocycles. The Morgan fingerprint density at radius 1 is 0.761 bits per heavy atom. The van der Waals surface area contributed by atoms with E-state index in [0.717, 1.165) is 24.2 Å². The van der Waals surface area contributed by atoms with Gasteiger partial charge in [0, 0.05) is 4.91 Å². The summed E-state index contributed by atoms with van der Waals surface area (Å²) in [5.41, 5.74) is 10.7. The summed E-state index contributed by atoms with van der Waals surface area (Å²) >= 11 is 5.09. The summed E-state index contributed by atoms with van der Waals surface area (Å²) in [6.07, 6.45) is 19.6. The van der Waals surface area contributed by atoms with Gasteiger partial charge in [-0.15, -0.1) is 12.6 Å². The molecule has 0 nitrogen and oxygen atoms in total. The van der Waals surface area contributed by atoms with Gasteiger partial charge >= 0.3 is 0 Å². The standard InChI is InChI=1S/C45H44S/c1-4-13-32(37-19-6-5-14-30(37)2)25-27-43(46)34-17-12-18-35(29-34)44-39-20-7-9-22-41(39)45(42-23-10-8-21-40(42)44)36-24-26-38-31(3)15-11-16-33(38)28-36/h5-12,16-24,26-32,46H,4,13-15,25H2,1-3H3/b43-27-. The summed E-state index contributed by atoms with van der Waals surface area (Å²) in [5.74, 6) is 1.75. The van der Waals surface area contributed by atoms with Crippen LogP contribution in [0.3, 0.4) is 0 Å². The predicted octanol–water partition coefficient (Wildman–Crippen LogP) is 13.4. The SMILES string of the molecule is CCCC(C/C=C(\S)c1cccc(-c2c3ccccc3c(-c3ccc4c(c3)C=CCC4C)c3ccccc23)c1)C1=CC=CCC1C. The van der Waals surface area contributed by atoms with E-state index in [1.54, 1.807) is 5.57 Å². The molecule has 0 aromatic heterocycles. The minimum atomic E-state index is 0.561. The fourth-order valence-electron chi connectivity index (χ4n) is 7.88. The van der Waals surface area contributed by atoms with Crippen molar-refractivity contribution in [2.75, 3.05) is 0 Å². The molecule has 7 rings (SSSR count). The van der Waals surface area contributed by atoms with Gasteiger partial charge in [-0.2, -0.15) is 0 Å². The van der Waals surface area contributed by atoms with E-state index >= 15 is 0 Å². The second-order valence-electron chi connectivity index (χ2n) is 13.3. The van der Waals surface area contributed by atoms with Crippen molar-refractivity contribution in [1.29, 1.82) is 0 Å². The van der Waals surface area contributed by atoms with Crippen molar-refractivity contribution in [2.45, 2.75) is 58.8 Å². The Labute approximate surface area is 280 Å². The first-order valence-electron chi connectivity index (χ1n) is 17.1. The van der Waals surface area contributed by atoms with E-state index < -0.39 is 0 Å². The normalized spacial score (nSPS) is 18.5. The van der Waals surface area contributed by atoms with E-state index in [0.29, 0.717) is 17.8 Å². The number of rotatable bonds is 8. The van der Waals surface area contributed by atoms with Gasteiger partial charge in [0.2, 0.25) is 0 Å². The molecule has 5 aromatic carbocycles. The van der Waals surface area contributed by atoms with Gasteiger partial charge in [0.15, 0.2) is 0 Å². The van der Waals surface area contributed by atoms with E-state index in [-0.39, 0.29) is 0 Å². The van der Waals surface area contributed by atoms with Crippen LogP contribution in [0.4, 0.5) is 0 Å². The molecule has 5 aromatic rings. The highest BCUT2D eigenvalue weighted by Gasteiger charge is 2.21. The maximum absolute atomic E-state index is 5.09. The Morgan fingerprint density at radius 2 is 1.41 bits per heavy atom. The topological polar surface area (TPSA) is 0 Å². The van der Waals surface area contributed by atoms with Crippen molar-refractivity contribution >= 4 is 45.2 Å². The van der Waals surface area contributed by atoms with Gasteiger partial charge in [-0.05, 0) is 116 Å². The fourth-order valence-corrected chi connectivity index (χ4v) is 8.12. The monoisotopic (exact) mass is 616 g/mol. The zero-order valence-electron chi connectivity index (χ0n) is 27.3. The molecule has 0 saturated heterocycles. The van der Waals surface area contributed by atoms with Gasteiger partial charge in [-0.1, -0.05) is 148 Å². The molecule has 0 heterocycles. The molecular formula is C45H44S. The van der Waals surface area contributed by atoms with E-state index in [1.165, 1.54) is 73.3 Å². The molecular weight excluding hydrogens is 573 g/mol. The number of fused-ring (bicyclic) bond motifs is 3. The van der Waals surface area contributed by atoms with Gasteiger partial charge in [0.25, 0.3) is 0 Å². The van der Waals surface area contributed by atoms with E-state index in [4.69, 9.17) is 12.6 Å². The zero-order chi connectivity index (χ0) is 31.6. The van der Waals surface area contributed by atoms with Crippen molar-refractivity contribution in [2.24, 2.45) is 11.8 Å². The Morgan fingerprint density at radius 3 is 2.07 bits per heavy atom. The molecule has 0 bridgehead atoms. The lowest BCUT2D eigenvalue weighted by atomic mass is 9.80. The van der Waals surface area contributed by atoms with Crippen molar-refractivity contribution in [3.05, 3.63) is 144 Å². The van der Waals surface area contributed by atoms with Crippen LogP contribution >= 0.6 is 12.6 Å². The molecule has 3 atom stereocenters. The maximum atomic E-state index is 5.09. The van der Waals surface area contributed by atoms with Crippen molar-refractivity contribution < 1.29 is 0 Å². The zero-order valence-corrected chi connectivity index (χ0v) is 28.2. The smallest absolute Gasteiger partial charge is 0.00730 e. The molecule has 0 fully saturated rings. The van der Waals surface area contributed by atoms with Crippen LogP contribution in [0.2, 0.25) is 0 Å². The Bertz CT molecular complexity index is 1980. The lowest BCUT2D eigenvalue weighted by Crippen LogP contribution is -2.12. The van der Waals surface area contributed by atoms with Crippen LogP contribution < -0.4 is 0 Å². The molecule has 230 valence electrons. The highest BCUT2D eigenvalue weighted by molar-refractivity contribution is 7.90. The summed E-state index contributed by atoms with van der Waals surface area (Å²) in [7, 11) is 0. The first-order chi connectivity index (χ1) is 22.5. The quantitative estimate of drug-likeness (QED) is 0.130. The minimum Gasteiger partial charge on any atom is -0.143 e. The van der Waals surface area contributed by atoms with E-state index in [1.807, 2.05) is 0 Å². The Hall–Kier alpha value is -4.07. The first-order valence-corrected chi connectivity index (χ1v) is 17.6. The van der Waals surface area contributed by atoms with Crippen LogP contribution in [-0.2, 0) is 0 Å². The fraction of sp³-hybridized carbons (Fsp3) is 0.244. The number of hydrogen-bond acceptors (Lipinski definition) is 1. The summed E-state index contributed by atoms with van der Waals surface area (Å²) in [6, 6.07) is 34.0. The van der Waals surface area contributed by atoms with Crippen molar-refractivity contribution in [3.63, 3.8) is 0 Å². The van der Waals surface area contributed by atoms with E-state index in [9.17, 15) is 0 Å². The van der Waals surface area contributed by atoms with Gasteiger partial charge in [-0.25, -0.2) is 0 Å². The molecule has 0 aliphatic heterocycles. The third kappa shape index (κ3) is 5.82. The third-order valence-corrected chi connectivity index (χ3v) is 10.7. The van der Waals surface area contributed by atoms with Crippen LogP contribution in [0.1, 0.15) is 75.5 Å². The van der Waals surface area contributed by atoms with Crippen LogP contribution in [0.15, 0.2) is 127 Å². The van der Waals surface area contributed by atoms with Crippen molar-refractivity contribution in [3.8, 4) is 22.3 Å². The van der Waals surface area contributed by atoms with Gasteiger partial charge in [0.1, 0.15) is 0 Å². The third-order valence-electron chi connectivity index (χ3n) is 10.3. The summed E-state index contributed by atoms with van der Waals surface area (Å²) in [5, 5.41) is 5.16. The van der Waals surface area contributed by atoms with Crippen molar-refractivity contribution in [1.82, 2.24) is 0 Å². The van der Waals surface area contributed by atoms with Gasteiger partial charge < -0.3 is 0 Å². The number of benzene rings is 5. The first kappa shape index (κ1) is 30.6. The van der Waals surface area contributed by atoms with Gasteiger partial charge in [-0.3, -0.25) is 0 Å². The van der Waals surface area contributed by atoms with E-state index in [2.05, 4.69) is 148 Å². The average Bonchev–Trinajstić information content (AvgIpc) is 3.09. The molecule has 0 spiro atoms. The molecule has 0 N–H and O–H groups in total. The number of hydrogen-bond donors (Lipinski definition) is 1. The predicted molar refractivity (Wildman–Crippen MR) is 205 cm³/mol. The largest absolute Gasteiger partial charge is 0.143 e. The molecule has 2 aliphatic rings. The lowest BCUT2D eigenvalue weighted by Gasteiger charge is -2.25. The van der Waals surface area contributed by atoms with Crippen LogP contribution in [-0.4, -0.2) is 0 Å². The summed E-state index contributed by atoms with van der Waals surface area (Å²) in [4.78, 5) is 1.06. The van der Waals surface area contributed by atoms with Gasteiger partial charge in [0.05, 0.1) is 0 Å². The highest BCUT2D eigenvalue weighted by atomic mass is 32.1. The maximum Gasteiger partial charge on any atom is 0.00730 e. The molecule has 46 heavy (non-hydrogen) atoms.